The minimum Gasteiger partial charge on any atom is -0.374 e. The summed E-state index contributed by atoms with van der Waals surface area (Å²) >= 11 is 0. The van der Waals surface area contributed by atoms with Crippen LogP contribution in [0.2, 0.25) is 0 Å². The lowest BCUT2D eigenvalue weighted by molar-refractivity contribution is 0.743. The molecule has 21 heavy (non-hydrogen) atoms. The fourth-order valence-electron chi connectivity index (χ4n) is 2.74. The molecule has 108 valence electrons. The maximum atomic E-state index is 4.32. The van der Waals surface area contributed by atoms with Crippen molar-refractivity contribution in [2.45, 2.75) is 19.4 Å². The summed E-state index contributed by atoms with van der Waals surface area (Å²) in [5, 5.41) is 4.32. The van der Waals surface area contributed by atoms with Gasteiger partial charge in [-0.15, -0.1) is 0 Å². The molecule has 0 amide bonds. The van der Waals surface area contributed by atoms with Crippen molar-refractivity contribution in [3.63, 3.8) is 0 Å². The van der Waals surface area contributed by atoms with E-state index >= 15 is 0 Å². The summed E-state index contributed by atoms with van der Waals surface area (Å²) < 4.78 is 0. The Kier molecular flexibility index (Phi) is 4.20. The highest BCUT2D eigenvalue weighted by atomic mass is 15.3. The number of nitrogens with one attached hydrogen (secondary N) is 1. The monoisotopic (exact) mass is 279 g/mol. The lowest BCUT2D eigenvalue weighted by atomic mass is 10.00. The Morgan fingerprint density at radius 1 is 1.19 bits per heavy atom. The number of aryl methyl sites for hydroxylation is 1. The summed E-state index contributed by atoms with van der Waals surface area (Å²) in [5.41, 5.74) is 8.28. The summed E-state index contributed by atoms with van der Waals surface area (Å²) in [6.45, 7) is 1.91. The Hall–Kier alpha value is -2.29. The van der Waals surface area contributed by atoms with Crippen molar-refractivity contribution >= 4 is 11.9 Å². The molecule has 2 aromatic carbocycles. The van der Waals surface area contributed by atoms with Gasteiger partial charge < -0.3 is 10.3 Å². The normalized spacial score (nSPS) is 14.2. The van der Waals surface area contributed by atoms with Gasteiger partial charge in [0.05, 0.1) is 12.8 Å². The van der Waals surface area contributed by atoms with Crippen molar-refractivity contribution in [1.82, 2.24) is 5.43 Å². The zero-order valence-electron chi connectivity index (χ0n) is 12.4. The van der Waals surface area contributed by atoms with E-state index in [1.54, 1.807) is 0 Å². The molecule has 0 saturated carbocycles. The van der Waals surface area contributed by atoms with E-state index in [-0.39, 0.29) is 0 Å². The largest absolute Gasteiger partial charge is 0.374 e. The number of benzene rings is 2. The first kappa shape index (κ1) is 13.7. The lowest BCUT2D eigenvalue weighted by Crippen LogP contribution is -2.24. The van der Waals surface area contributed by atoms with Gasteiger partial charge in [0.15, 0.2) is 0 Å². The van der Waals surface area contributed by atoms with E-state index < -0.39 is 0 Å². The standard InChI is InChI=1S/C18H21N3/c1-21-11-5-8-17-12-16(9-10-18(17)21)14-20-19-13-15-6-3-2-4-7-15/h2-4,6-7,9-10,12,14,19H,5,8,11,13H2,1H3. The maximum Gasteiger partial charge on any atom is 0.0580 e. The first-order valence-corrected chi connectivity index (χ1v) is 7.47. The minimum atomic E-state index is 0.755. The number of hydrazone groups is 1. The summed E-state index contributed by atoms with van der Waals surface area (Å²) in [6, 6.07) is 16.9. The smallest absolute Gasteiger partial charge is 0.0580 e. The SMILES string of the molecule is CN1CCCc2cc(C=NNCc3ccccc3)ccc21. The Morgan fingerprint density at radius 2 is 2.05 bits per heavy atom. The van der Waals surface area contributed by atoms with Gasteiger partial charge in [-0.25, -0.2) is 0 Å². The van der Waals surface area contributed by atoms with Gasteiger partial charge in [-0.3, -0.25) is 0 Å². The molecule has 0 atom stereocenters. The molecule has 0 spiro atoms. The molecule has 3 rings (SSSR count). The molecular weight excluding hydrogens is 258 g/mol. The van der Waals surface area contributed by atoms with E-state index in [1.807, 2.05) is 24.4 Å². The van der Waals surface area contributed by atoms with Crippen LogP contribution in [0, 0.1) is 0 Å². The van der Waals surface area contributed by atoms with Crippen molar-refractivity contribution < 1.29 is 0 Å². The third kappa shape index (κ3) is 3.43. The maximum absolute atomic E-state index is 4.32. The van der Waals surface area contributed by atoms with Crippen molar-refractivity contribution in [3.05, 3.63) is 65.2 Å². The zero-order valence-corrected chi connectivity index (χ0v) is 12.4. The predicted octanol–water partition coefficient (Wildman–Crippen LogP) is 3.19. The van der Waals surface area contributed by atoms with Crippen LogP contribution in [0.15, 0.2) is 53.6 Å². The second kappa shape index (κ2) is 6.44. The van der Waals surface area contributed by atoms with E-state index in [4.69, 9.17) is 0 Å². The van der Waals surface area contributed by atoms with Crippen LogP contribution >= 0.6 is 0 Å². The van der Waals surface area contributed by atoms with Crippen LogP contribution in [-0.2, 0) is 13.0 Å². The van der Waals surface area contributed by atoms with Crippen molar-refractivity contribution in [2.75, 3.05) is 18.5 Å². The van der Waals surface area contributed by atoms with Gasteiger partial charge in [0, 0.05) is 19.3 Å². The summed E-state index contributed by atoms with van der Waals surface area (Å²) in [6.07, 6.45) is 4.30. The molecule has 1 aliphatic heterocycles. The highest BCUT2D eigenvalue weighted by Gasteiger charge is 2.12. The van der Waals surface area contributed by atoms with E-state index in [9.17, 15) is 0 Å². The van der Waals surface area contributed by atoms with E-state index in [2.05, 4.69) is 52.8 Å². The molecule has 0 aliphatic carbocycles. The first-order valence-electron chi connectivity index (χ1n) is 7.47. The minimum absolute atomic E-state index is 0.755. The van der Waals surface area contributed by atoms with Crippen LogP contribution in [-0.4, -0.2) is 19.8 Å². The molecule has 0 bridgehead atoms. The van der Waals surface area contributed by atoms with Crippen LogP contribution in [0.3, 0.4) is 0 Å². The molecule has 2 aromatic rings. The van der Waals surface area contributed by atoms with Gasteiger partial charge in [0.25, 0.3) is 0 Å². The molecule has 0 fully saturated rings. The van der Waals surface area contributed by atoms with Gasteiger partial charge in [-0.1, -0.05) is 36.4 Å². The highest BCUT2D eigenvalue weighted by Crippen LogP contribution is 2.26. The molecule has 3 nitrogen and oxygen atoms in total. The first-order chi connectivity index (χ1) is 10.3. The molecule has 1 aliphatic rings. The second-order valence-electron chi connectivity index (χ2n) is 5.49. The van der Waals surface area contributed by atoms with Crippen molar-refractivity contribution in [1.29, 1.82) is 0 Å². The number of hydrogen-bond donors (Lipinski definition) is 1. The van der Waals surface area contributed by atoms with E-state index in [0.29, 0.717) is 0 Å². The van der Waals surface area contributed by atoms with Crippen LogP contribution in [0.1, 0.15) is 23.1 Å². The average Bonchev–Trinajstić information content (AvgIpc) is 2.53. The van der Waals surface area contributed by atoms with Gasteiger partial charge >= 0.3 is 0 Å². The second-order valence-corrected chi connectivity index (χ2v) is 5.49. The average molecular weight is 279 g/mol. The van der Waals surface area contributed by atoms with Gasteiger partial charge in [-0.05, 0) is 41.7 Å². The molecular formula is C18H21N3. The van der Waals surface area contributed by atoms with Crippen molar-refractivity contribution in [3.8, 4) is 0 Å². The lowest BCUT2D eigenvalue weighted by Gasteiger charge is -2.27. The third-order valence-corrected chi connectivity index (χ3v) is 3.89. The number of rotatable bonds is 4. The Balaban J connectivity index is 1.61. The molecule has 0 unspecified atom stereocenters. The van der Waals surface area contributed by atoms with Gasteiger partial charge in [0.2, 0.25) is 0 Å². The summed E-state index contributed by atoms with van der Waals surface area (Å²) in [4.78, 5) is 2.33. The Morgan fingerprint density at radius 3 is 2.90 bits per heavy atom. The highest BCUT2D eigenvalue weighted by molar-refractivity contribution is 5.81. The van der Waals surface area contributed by atoms with Crippen molar-refractivity contribution in [2.24, 2.45) is 5.10 Å². The fraction of sp³-hybridized carbons (Fsp3) is 0.278. The third-order valence-electron chi connectivity index (χ3n) is 3.89. The number of anilines is 1. The summed E-state index contributed by atoms with van der Waals surface area (Å²) in [5.74, 6) is 0. The Bertz CT molecular complexity index is 620. The molecule has 1 N–H and O–H groups in total. The van der Waals surface area contributed by atoms with Gasteiger partial charge in [-0.2, -0.15) is 5.10 Å². The number of nitrogens with zero attached hydrogens (tertiary/aromatic N) is 2. The van der Waals surface area contributed by atoms with E-state index in [1.165, 1.54) is 29.7 Å². The zero-order chi connectivity index (χ0) is 14.5. The fourth-order valence-corrected chi connectivity index (χ4v) is 2.74. The molecule has 1 heterocycles. The predicted molar refractivity (Wildman–Crippen MR) is 88.9 cm³/mol. The van der Waals surface area contributed by atoms with E-state index in [0.717, 1.165) is 18.7 Å². The molecule has 0 saturated heterocycles. The molecule has 3 heteroatoms. The molecule has 0 radical (unpaired) electrons. The molecule has 0 aromatic heterocycles. The number of fused-ring (bicyclic) bond motifs is 1. The van der Waals surface area contributed by atoms with Crippen LogP contribution in [0.4, 0.5) is 5.69 Å². The Labute approximate surface area is 126 Å². The van der Waals surface area contributed by atoms with Gasteiger partial charge in [0.1, 0.15) is 0 Å². The quantitative estimate of drug-likeness (QED) is 0.687. The number of hydrogen-bond acceptors (Lipinski definition) is 3. The van der Waals surface area contributed by atoms with Crippen LogP contribution < -0.4 is 10.3 Å². The topological polar surface area (TPSA) is 27.6 Å². The summed E-state index contributed by atoms with van der Waals surface area (Å²) in [7, 11) is 2.16. The van der Waals surface area contributed by atoms with Crippen LogP contribution in [0.25, 0.3) is 0 Å². The van der Waals surface area contributed by atoms with Crippen LogP contribution in [0.5, 0.6) is 0 Å².